The van der Waals surface area contributed by atoms with Crippen molar-refractivity contribution in [3.63, 3.8) is 0 Å². The van der Waals surface area contributed by atoms with Crippen LogP contribution < -0.4 is 0 Å². The van der Waals surface area contributed by atoms with Gasteiger partial charge in [0.25, 0.3) is 0 Å². The average Bonchev–Trinajstić information content (AvgIpc) is 3.01. The summed E-state index contributed by atoms with van der Waals surface area (Å²) in [5.41, 5.74) is 1.16. The number of hydrogen-bond acceptors (Lipinski definition) is 4. The molecule has 0 amide bonds. The Labute approximate surface area is 143 Å². The predicted octanol–water partition coefficient (Wildman–Crippen LogP) is 4.41. The van der Waals surface area contributed by atoms with E-state index in [-0.39, 0.29) is 17.0 Å². The third-order valence-corrected chi connectivity index (χ3v) is 4.09. The fourth-order valence-corrected chi connectivity index (χ4v) is 2.91. The number of benzene rings is 2. The van der Waals surface area contributed by atoms with Gasteiger partial charge in [0.1, 0.15) is 5.69 Å². The summed E-state index contributed by atoms with van der Waals surface area (Å²) in [5.74, 6) is -1.34. The predicted molar refractivity (Wildman–Crippen MR) is 85.0 cm³/mol. The van der Waals surface area contributed by atoms with E-state index in [2.05, 4.69) is 9.68 Å². The minimum atomic E-state index is -4.68. The quantitative estimate of drug-likeness (QED) is 0.642. The zero-order chi connectivity index (χ0) is 18.0. The van der Waals surface area contributed by atoms with E-state index < -0.39 is 23.0 Å². The van der Waals surface area contributed by atoms with E-state index in [0.717, 1.165) is 0 Å². The monoisotopic (exact) mass is 366 g/mol. The van der Waals surface area contributed by atoms with E-state index in [1.165, 1.54) is 24.3 Å². The Hall–Kier alpha value is -2.45. The molecule has 0 aliphatic carbocycles. The van der Waals surface area contributed by atoms with Crippen LogP contribution >= 0.6 is 0 Å². The van der Waals surface area contributed by atoms with Crippen molar-refractivity contribution in [2.24, 2.45) is 0 Å². The van der Waals surface area contributed by atoms with Crippen molar-refractivity contribution in [3.8, 4) is 22.4 Å². The molecule has 0 saturated heterocycles. The van der Waals surface area contributed by atoms with Crippen LogP contribution in [0.25, 0.3) is 22.4 Å². The van der Waals surface area contributed by atoms with Crippen molar-refractivity contribution in [2.75, 3.05) is 0 Å². The van der Waals surface area contributed by atoms with Crippen LogP contribution in [0.2, 0.25) is 0 Å². The van der Waals surface area contributed by atoms with Crippen LogP contribution in [0.3, 0.4) is 0 Å². The molecule has 4 nitrogen and oxygen atoms in total. The molecule has 0 bridgehead atoms. The van der Waals surface area contributed by atoms with E-state index in [4.69, 9.17) is 0 Å². The van der Waals surface area contributed by atoms with Crippen LogP contribution in [0.15, 0.2) is 59.1 Å². The second kappa shape index (κ2) is 6.81. The molecule has 1 unspecified atom stereocenters. The molecule has 0 aliphatic heterocycles. The lowest BCUT2D eigenvalue weighted by molar-refractivity contribution is -0.154. The topological polar surface area (TPSA) is 66.2 Å². The fraction of sp³-hybridized carbons (Fsp3) is 0.118. The SMILES string of the molecule is O=S([O-])Cc1ccc(-c2noc(C(F)(F)F)c2-c2ccccc2)cc1. The highest BCUT2D eigenvalue weighted by Crippen LogP contribution is 2.42. The second-order valence-corrected chi connectivity index (χ2v) is 6.14. The molecule has 130 valence electrons. The van der Waals surface area contributed by atoms with Gasteiger partial charge < -0.3 is 9.08 Å². The molecule has 1 atom stereocenters. The van der Waals surface area contributed by atoms with E-state index in [1.807, 2.05) is 0 Å². The van der Waals surface area contributed by atoms with E-state index in [9.17, 15) is 21.9 Å². The van der Waals surface area contributed by atoms with Gasteiger partial charge in [-0.25, -0.2) is 0 Å². The number of nitrogens with zero attached hydrogens (tertiary/aromatic N) is 1. The van der Waals surface area contributed by atoms with Gasteiger partial charge in [-0.15, -0.1) is 0 Å². The first-order chi connectivity index (χ1) is 11.9. The Bertz CT molecular complexity index is 890. The zero-order valence-corrected chi connectivity index (χ0v) is 13.4. The first-order valence-electron chi connectivity index (χ1n) is 7.13. The van der Waals surface area contributed by atoms with Crippen molar-refractivity contribution >= 4 is 11.1 Å². The normalized spacial score (nSPS) is 13.0. The van der Waals surface area contributed by atoms with Crippen LogP contribution in [0.1, 0.15) is 11.3 Å². The van der Waals surface area contributed by atoms with Gasteiger partial charge in [0.05, 0.1) is 5.56 Å². The van der Waals surface area contributed by atoms with E-state index in [1.54, 1.807) is 30.3 Å². The number of alkyl halides is 3. The molecule has 0 aliphatic rings. The molecule has 0 radical (unpaired) electrons. The van der Waals surface area contributed by atoms with Crippen LogP contribution in [0, 0.1) is 0 Å². The van der Waals surface area contributed by atoms with Gasteiger partial charge in [-0.3, -0.25) is 4.21 Å². The number of halogens is 3. The van der Waals surface area contributed by atoms with Crippen LogP contribution in [0.4, 0.5) is 13.2 Å². The van der Waals surface area contributed by atoms with Crippen LogP contribution in [-0.4, -0.2) is 13.9 Å². The molecule has 0 N–H and O–H groups in total. The van der Waals surface area contributed by atoms with Crippen LogP contribution in [0.5, 0.6) is 0 Å². The van der Waals surface area contributed by atoms with Crippen molar-refractivity contribution in [3.05, 3.63) is 65.9 Å². The largest absolute Gasteiger partial charge is 0.772 e. The third-order valence-electron chi connectivity index (χ3n) is 3.52. The molecule has 3 aromatic rings. The van der Waals surface area contributed by atoms with Gasteiger partial charge in [-0.2, -0.15) is 13.2 Å². The lowest BCUT2D eigenvalue weighted by atomic mass is 9.98. The zero-order valence-electron chi connectivity index (χ0n) is 12.6. The first kappa shape index (κ1) is 17.4. The number of aromatic nitrogens is 1. The Kier molecular flexibility index (Phi) is 4.73. The molecule has 3 rings (SSSR count). The smallest absolute Gasteiger partial charge is 0.453 e. The number of rotatable bonds is 4. The van der Waals surface area contributed by atoms with Crippen LogP contribution in [-0.2, 0) is 23.0 Å². The molecular weight excluding hydrogens is 355 g/mol. The van der Waals surface area contributed by atoms with Crippen molar-refractivity contribution in [1.82, 2.24) is 5.16 Å². The molecule has 0 saturated carbocycles. The Morgan fingerprint density at radius 1 is 1.00 bits per heavy atom. The van der Waals surface area contributed by atoms with Gasteiger partial charge in [-0.1, -0.05) is 70.8 Å². The molecule has 8 heteroatoms. The minimum absolute atomic E-state index is 0.0494. The second-order valence-electron chi connectivity index (χ2n) is 5.24. The highest BCUT2D eigenvalue weighted by molar-refractivity contribution is 7.78. The summed E-state index contributed by atoms with van der Waals surface area (Å²) in [4.78, 5) is 0. The standard InChI is InChI=1S/C17H12F3NO3S/c18-17(19,20)16-14(12-4-2-1-3-5-12)15(21-24-16)13-8-6-11(7-9-13)10-25(22)23/h1-9H,10H2,(H,22,23)/p-1. The summed E-state index contributed by atoms with van der Waals surface area (Å²) in [6.07, 6.45) is -4.68. The van der Waals surface area contributed by atoms with E-state index in [0.29, 0.717) is 16.7 Å². The van der Waals surface area contributed by atoms with Gasteiger partial charge in [0, 0.05) is 11.3 Å². The Morgan fingerprint density at radius 3 is 2.20 bits per heavy atom. The van der Waals surface area contributed by atoms with E-state index >= 15 is 0 Å². The third kappa shape index (κ3) is 3.80. The van der Waals surface area contributed by atoms with Gasteiger partial charge >= 0.3 is 6.18 Å². The van der Waals surface area contributed by atoms with Crippen molar-refractivity contribution < 1.29 is 26.5 Å². The average molecular weight is 366 g/mol. The minimum Gasteiger partial charge on any atom is -0.772 e. The molecule has 1 aromatic heterocycles. The molecule has 0 fully saturated rings. The Morgan fingerprint density at radius 2 is 1.64 bits per heavy atom. The summed E-state index contributed by atoms with van der Waals surface area (Å²) in [5, 5.41) is 3.60. The highest BCUT2D eigenvalue weighted by Gasteiger charge is 2.41. The highest BCUT2D eigenvalue weighted by atomic mass is 32.2. The summed E-state index contributed by atoms with van der Waals surface area (Å²) in [6.45, 7) is 0. The van der Waals surface area contributed by atoms with Gasteiger partial charge in [0.2, 0.25) is 5.76 Å². The molecule has 25 heavy (non-hydrogen) atoms. The summed E-state index contributed by atoms with van der Waals surface area (Å²) in [6, 6.07) is 14.1. The summed E-state index contributed by atoms with van der Waals surface area (Å²) >= 11 is -2.24. The first-order valence-corrected chi connectivity index (χ1v) is 8.38. The Balaban J connectivity index is 2.11. The molecule has 1 heterocycles. The van der Waals surface area contributed by atoms with Gasteiger partial charge in [-0.05, 0) is 11.1 Å². The molecular formula is C17H11F3NO3S-. The molecule has 2 aromatic carbocycles. The maximum absolute atomic E-state index is 13.3. The lowest BCUT2D eigenvalue weighted by Gasteiger charge is -2.08. The maximum atomic E-state index is 13.3. The summed E-state index contributed by atoms with van der Waals surface area (Å²) in [7, 11) is 0. The lowest BCUT2D eigenvalue weighted by Crippen LogP contribution is -2.05. The maximum Gasteiger partial charge on any atom is 0.453 e. The fourth-order valence-electron chi connectivity index (χ4n) is 2.45. The van der Waals surface area contributed by atoms with Gasteiger partial charge in [0.15, 0.2) is 0 Å². The number of hydrogen-bond donors (Lipinski definition) is 0. The molecule has 0 spiro atoms. The van der Waals surface area contributed by atoms with Crippen molar-refractivity contribution in [1.29, 1.82) is 0 Å². The van der Waals surface area contributed by atoms with Crippen molar-refractivity contribution in [2.45, 2.75) is 11.9 Å². The summed E-state index contributed by atoms with van der Waals surface area (Å²) < 4.78 is 65.8.